The van der Waals surface area contributed by atoms with E-state index in [9.17, 15) is 12.8 Å². The highest BCUT2D eigenvalue weighted by Crippen LogP contribution is 2.43. The predicted octanol–water partition coefficient (Wildman–Crippen LogP) is 2.15. The maximum atomic E-state index is 13.3. The quantitative estimate of drug-likeness (QED) is 0.906. The predicted molar refractivity (Wildman–Crippen MR) is 71.0 cm³/mol. The number of hydrogen-bond donors (Lipinski definition) is 1. The largest absolute Gasteiger partial charge is 0.487 e. The number of hydrogen-bond acceptors (Lipinski definition) is 3. The highest BCUT2D eigenvalue weighted by atomic mass is 32.2. The number of fused-ring (bicyclic) bond motifs is 1. The summed E-state index contributed by atoms with van der Waals surface area (Å²) in [6.07, 6.45) is 0.517. The maximum Gasteiger partial charge on any atom is 0.212 e. The summed E-state index contributed by atoms with van der Waals surface area (Å²) in [4.78, 5) is 0. The standard InChI is InChI=1S/C13H18FNO3S/c1-8(19(15,16)17)11-7-13(2,3)18-12-6-9(14)4-5-10(11)12/h4-6,8,11H,7H2,1-3H3,(H2,15,16,17)/t8-,11-/m0/s1. The Labute approximate surface area is 112 Å². The van der Waals surface area contributed by atoms with Gasteiger partial charge >= 0.3 is 0 Å². The second kappa shape index (κ2) is 4.45. The molecule has 1 aliphatic rings. The Bertz CT molecular complexity index is 598. The van der Waals surface area contributed by atoms with Crippen LogP contribution in [0.4, 0.5) is 4.39 Å². The zero-order valence-corrected chi connectivity index (χ0v) is 12.0. The number of nitrogens with two attached hydrogens (primary N) is 1. The van der Waals surface area contributed by atoms with Crippen LogP contribution in [-0.4, -0.2) is 19.3 Å². The highest BCUT2D eigenvalue weighted by molar-refractivity contribution is 7.89. The average molecular weight is 287 g/mol. The van der Waals surface area contributed by atoms with E-state index >= 15 is 0 Å². The summed E-state index contributed by atoms with van der Waals surface area (Å²) in [6.45, 7) is 5.28. The molecule has 0 fully saturated rings. The molecule has 6 heteroatoms. The molecule has 19 heavy (non-hydrogen) atoms. The van der Waals surface area contributed by atoms with E-state index < -0.39 is 26.7 Å². The molecular weight excluding hydrogens is 269 g/mol. The lowest BCUT2D eigenvalue weighted by molar-refractivity contribution is 0.0712. The van der Waals surface area contributed by atoms with Crippen LogP contribution in [0.3, 0.4) is 0 Å². The fraction of sp³-hybridized carbons (Fsp3) is 0.538. The van der Waals surface area contributed by atoms with Crippen molar-refractivity contribution in [2.45, 2.75) is 44.0 Å². The van der Waals surface area contributed by atoms with Crippen LogP contribution >= 0.6 is 0 Å². The number of halogens is 1. The van der Waals surface area contributed by atoms with Gasteiger partial charge in [-0.25, -0.2) is 17.9 Å². The summed E-state index contributed by atoms with van der Waals surface area (Å²) >= 11 is 0. The van der Waals surface area contributed by atoms with Gasteiger partial charge in [-0.15, -0.1) is 0 Å². The average Bonchev–Trinajstić information content (AvgIpc) is 2.23. The topological polar surface area (TPSA) is 69.4 Å². The van der Waals surface area contributed by atoms with Crippen molar-refractivity contribution in [2.24, 2.45) is 5.14 Å². The molecule has 1 aromatic carbocycles. The van der Waals surface area contributed by atoms with Crippen LogP contribution in [0, 0.1) is 5.82 Å². The van der Waals surface area contributed by atoms with Gasteiger partial charge in [0.1, 0.15) is 17.2 Å². The fourth-order valence-corrected chi connectivity index (χ4v) is 3.23. The zero-order valence-electron chi connectivity index (χ0n) is 11.2. The minimum atomic E-state index is -3.65. The third-order valence-electron chi connectivity index (χ3n) is 3.56. The van der Waals surface area contributed by atoms with Crippen molar-refractivity contribution in [3.63, 3.8) is 0 Å². The third-order valence-corrected chi connectivity index (χ3v) is 4.92. The first kappa shape index (κ1) is 14.3. The Morgan fingerprint density at radius 3 is 2.68 bits per heavy atom. The summed E-state index contributed by atoms with van der Waals surface area (Å²) in [5, 5.41) is 4.51. The lowest BCUT2D eigenvalue weighted by Crippen LogP contribution is -2.41. The monoisotopic (exact) mass is 287 g/mol. The van der Waals surface area contributed by atoms with Gasteiger partial charge in [-0.05, 0) is 38.8 Å². The van der Waals surface area contributed by atoms with Gasteiger partial charge in [0.25, 0.3) is 0 Å². The normalized spacial score (nSPS) is 23.3. The van der Waals surface area contributed by atoms with Gasteiger partial charge in [-0.1, -0.05) is 6.07 Å². The number of benzene rings is 1. The van der Waals surface area contributed by atoms with Gasteiger partial charge in [0.2, 0.25) is 10.0 Å². The second-order valence-corrected chi connectivity index (χ2v) is 7.57. The van der Waals surface area contributed by atoms with E-state index in [0.29, 0.717) is 17.7 Å². The Morgan fingerprint density at radius 2 is 2.11 bits per heavy atom. The van der Waals surface area contributed by atoms with Crippen LogP contribution in [0.2, 0.25) is 0 Å². The second-order valence-electron chi connectivity index (χ2n) is 5.65. The molecule has 1 heterocycles. The van der Waals surface area contributed by atoms with Gasteiger partial charge in [0.05, 0.1) is 5.25 Å². The molecule has 1 aromatic rings. The van der Waals surface area contributed by atoms with Crippen LogP contribution in [0.15, 0.2) is 18.2 Å². The molecule has 1 aliphatic heterocycles. The molecular formula is C13H18FNO3S. The lowest BCUT2D eigenvalue weighted by Gasteiger charge is -2.39. The first-order valence-corrected chi connectivity index (χ1v) is 7.71. The number of ether oxygens (including phenoxy) is 1. The van der Waals surface area contributed by atoms with Crippen molar-refractivity contribution < 1.29 is 17.5 Å². The molecule has 0 saturated carbocycles. The van der Waals surface area contributed by atoms with Crippen LogP contribution in [0.1, 0.15) is 38.7 Å². The number of sulfonamides is 1. The SMILES string of the molecule is C[C@@H]([C@@H]1CC(C)(C)Oc2cc(F)ccc21)S(N)(=O)=O. The first-order valence-electron chi connectivity index (χ1n) is 6.10. The van der Waals surface area contributed by atoms with E-state index in [0.717, 1.165) is 0 Å². The summed E-state index contributed by atoms with van der Waals surface area (Å²) in [7, 11) is -3.65. The number of rotatable bonds is 2. The molecule has 0 amide bonds. The molecule has 2 N–H and O–H groups in total. The molecule has 2 rings (SSSR count). The lowest BCUT2D eigenvalue weighted by atomic mass is 9.82. The van der Waals surface area contributed by atoms with Crippen molar-refractivity contribution >= 4 is 10.0 Å². The van der Waals surface area contributed by atoms with Crippen molar-refractivity contribution in [3.05, 3.63) is 29.6 Å². The van der Waals surface area contributed by atoms with Crippen LogP contribution in [0.5, 0.6) is 5.75 Å². The summed E-state index contributed by atoms with van der Waals surface area (Å²) in [5.74, 6) is -0.301. The first-order chi connectivity index (χ1) is 8.60. The number of primary sulfonamides is 1. The van der Waals surface area contributed by atoms with Crippen LogP contribution < -0.4 is 9.88 Å². The molecule has 0 spiro atoms. The van der Waals surface area contributed by atoms with Crippen LogP contribution in [0.25, 0.3) is 0 Å². The minimum absolute atomic E-state index is 0.297. The molecule has 0 bridgehead atoms. The molecule has 106 valence electrons. The van der Waals surface area contributed by atoms with Crippen molar-refractivity contribution in [2.75, 3.05) is 0 Å². The summed E-state index contributed by atoms with van der Waals surface area (Å²) in [6, 6.07) is 4.18. The highest BCUT2D eigenvalue weighted by Gasteiger charge is 2.39. The van der Waals surface area contributed by atoms with Crippen LogP contribution in [-0.2, 0) is 10.0 Å². The van der Waals surface area contributed by atoms with Gasteiger partial charge in [-0.2, -0.15) is 0 Å². The third kappa shape index (κ3) is 2.90. The molecule has 4 nitrogen and oxygen atoms in total. The fourth-order valence-electron chi connectivity index (χ4n) is 2.53. The molecule has 0 aromatic heterocycles. The van der Waals surface area contributed by atoms with Gasteiger partial charge < -0.3 is 4.74 Å². The maximum absolute atomic E-state index is 13.3. The van der Waals surface area contributed by atoms with Crippen molar-refractivity contribution in [1.82, 2.24) is 0 Å². The minimum Gasteiger partial charge on any atom is -0.487 e. The van der Waals surface area contributed by atoms with E-state index in [2.05, 4.69) is 0 Å². The summed E-state index contributed by atoms with van der Waals surface area (Å²) < 4.78 is 42.2. The Balaban J connectivity index is 2.52. The zero-order chi connectivity index (χ0) is 14.4. The summed E-state index contributed by atoms with van der Waals surface area (Å²) in [5.41, 5.74) is 0.145. The Morgan fingerprint density at radius 1 is 1.47 bits per heavy atom. The van der Waals surface area contributed by atoms with Crippen molar-refractivity contribution in [3.8, 4) is 5.75 Å². The molecule has 0 aliphatic carbocycles. The van der Waals surface area contributed by atoms with Crippen molar-refractivity contribution in [1.29, 1.82) is 0 Å². The van der Waals surface area contributed by atoms with Gasteiger partial charge in [0.15, 0.2) is 0 Å². The van der Waals surface area contributed by atoms with E-state index in [-0.39, 0.29) is 5.92 Å². The molecule has 0 unspecified atom stereocenters. The molecule has 0 saturated heterocycles. The van der Waals surface area contributed by atoms with E-state index in [1.807, 2.05) is 13.8 Å². The Kier molecular flexibility index (Phi) is 3.35. The smallest absolute Gasteiger partial charge is 0.212 e. The van der Waals surface area contributed by atoms with Gasteiger partial charge in [-0.3, -0.25) is 0 Å². The Hall–Kier alpha value is -1.14. The van der Waals surface area contributed by atoms with E-state index in [4.69, 9.17) is 9.88 Å². The van der Waals surface area contributed by atoms with E-state index in [1.54, 1.807) is 13.0 Å². The van der Waals surface area contributed by atoms with E-state index in [1.165, 1.54) is 12.1 Å². The van der Waals surface area contributed by atoms with Gasteiger partial charge in [0, 0.05) is 12.0 Å². The molecule has 0 radical (unpaired) electrons. The molecule has 2 atom stereocenters.